The van der Waals surface area contributed by atoms with Crippen molar-refractivity contribution in [2.75, 3.05) is 0 Å². The van der Waals surface area contributed by atoms with Crippen LogP contribution in [0.25, 0.3) is 0 Å². The van der Waals surface area contributed by atoms with Gasteiger partial charge in [0.25, 0.3) is 0 Å². The van der Waals surface area contributed by atoms with Gasteiger partial charge in [-0.2, -0.15) is 0 Å². The van der Waals surface area contributed by atoms with Crippen LogP contribution in [0.4, 0.5) is 0 Å². The zero-order valence-electron chi connectivity index (χ0n) is 8.86. The predicted molar refractivity (Wildman–Crippen MR) is 52.0 cm³/mol. The Labute approximate surface area is 115 Å². The molecule has 2 heterocycles. The fraction of sp³-hybridized carbons (Fsp3) is 0. The van der Waals surface area contributed by atoms with Crippen LogP contribution in [0, 0.1) is 0 Å². The fourth-order valence-corrected chi connectivity index (χ4v) is 2.16. The minimum atomic E-state index is -5.38. The third-order valence-corrected chi connectivity index (χ3v) is 3.00. The van der Waals surface area contributed by atoms with Gasteiger partial charge in [-0.15, -0.1) is 0 Å². The van der Waals surface area contributed by atoms with E-state index in [1.165, 1.54) is 0 Å². The second kappa shape index (κ2) is 7.38. The van der Waals surface area contributed by atoms with Gasteiger partial charge in [0, 0.05) is 0 Å². The topological polar surface area (TPSA) is 97.2 Å². The second-order valence-electron chi connectivity index (χ2n) is 2.70. The van der Waals surface area contributed by atoms with Gasteiger partial charge in [0.05, 0.1) is 0 Å². The van der Waals surface area contributed by atoms with Gasteiger partial charge < -0.3 is 0 Å². The van der Waals surface area contributed by atoms with Gasteiger partial charge in [0.1, 0.15) is 0 Å². The molecule has 101 valence electrons. The van der Waals surface area contributed by atoms with Crippen molar-refractivity contribution in [2.45, 2.75) is 0 Å². The summed E-state index contributed by atoms with van der Waals surface area (Å²) in [7, 11) is 0. The Morgan fingerprint density at radius 3 is 1.56 bits per heavy atom. The Kier molecular flexibility index (Phi) is 6.14. The van der Waals surface area contributed by atoms with Crippen LogP contribution in [-0.4, -0.2) is 14.2 Å². The van der Waals surface area contributed by atoms with E-state index in [1.54, 1.807) is 0 Å². The molecular formula is C10H9AgMnN2O4. The summed E-state index contributed by atoms with van der Waals surface area (Å²) in [6.45, 7) is 0. The number of aromatic nitrogens is 2. The number of hydrogen-bond donors (Lipinski definition) is 1. The van der Waals surface area contributed by atoms with E-state index in [0.29, 0.717) is 19.8 Å². The van der Waals surface area contributed by atoms with Crippen molar-refractivity contribution in [1.29, 1.82) is 0 Å². The molecule has 0 bridgehead atoms. The number of pyridine rings is 2. The molecule has 0 spiro atoms. The Bertz CT molecular complexity index is 575. The van der Waals surface area contributed by atoms with Gasteiger partial charge in [-0.3, -0.25) is 0 Å². The summed E-state index contributed by atoms with van der Waals surface area (Å²) in [5.74, 6) is 0. The van der Waals surface area contributed by atoms with Crippen molar-refractivity contribution in [3.63, 3.8) is 0 Å². The molecule has 18 heavy (non-hydrogen) atoms. The van der Waals surface area contributed by atoms with Gasteiger partial charge in [0.2, 0.25) is 0 Å². The van der Waals surface area contributed by atoms with Crippen LogP contribution in [0.2, 0.25) is 0 Å². The average molecular weight is 384 g/mol. The van der Waals surface area contributed by atoms with Crippen LogP contribution >= 0.6 is 0 Å². The third-order valence-electron chi connectivity index (χ3n) is 1.37. The summed E-state index contributed by atoms with van der Waals surface area (Å²) in [6, 6.07) is 11.9. The zero-order valence-corrected chi connectivity index (χ0v) is 11.5. The number of rotatable bonds is 2. The molecule has 0 radical (unpaired) electrons. The van der Waals surface area contributed by atoms with Gasteiger partial charge >= 0.3 is 115 Å². The van der Waals surface area contributed by atoms with Crippen LogP contribution in [-0.2, 0) is 44.2 Å². The first-order chi connectivity index (χ1) is 8.45. The molecule has 0 atom stereocenters. The quantitative estimate of drug-likeness (QED) is 0.708. The van der Waals surface area contributed by atoms with Crippen molar-refractivity contribution in [3.05, 3.63) is 48.8 Å². The molecule has 0 saturated heterocycles. The minimum absolute atomic E-state index is 0.534. The van der Waals surface area contributed by atoms with Gasteiger partial charge in [0.15, 0.2) is 0 Å². The van der Waals surface area contributed by atoms with E-state index in [4.69, 9.17) is 15.7 Å². The maximum atomic E-state index is 8.69. The molecule has 2 rings (SSSR count). The van der Waals surface area contributed by atoms with Gasteiger partial charge in [-0.25, -0.2) is 0 Å². The van der Waals surface area contributed by atoms with E-state index in [2.05, 4.69) is 9.97 Å². The van der Waals surface area contributed by atoms with Crippen molar-refractivity contribution in [1.82, 2.24) is 9.97 Å². The molecule has 0 saturated carbocycles. The van der Waals surface area contributed by atoms with Crippen molar-refractivity contribution in [2.24, 2.45) is 0 Å². The zero-order chi connectivity index (χ0) is 13.4. The van der Waals surface area contributed by atoms with Crippen molar-refractivity contribution in [3.8, 4) is 0 Å². The second-order valence-corrected chi connectivity index (χ2v) is 5.82. The molecule has 0 aliphatic heterocycles. The normalized spacial score (nSPS) is 10.5. The monoisotopic (exact) mass is 383 g/mol. The SMILES string of the molecule is [O]=[Mn](=[O])(=[O])[OH].c1cc[c]([Ag][c]2ccccn2)nc1. The Balaban J connectivity index is 0.000000280. The molecule has 0 amide bonds. The summed E-state index contributed by atoms with van der Waals surface area (Å²) < 4.78 is 35.2. The molecular weight excluding hydrogens is 375 g/mol. The van der Waals surface area contributed by atoms with Gasteiger partial charge in [-0.05, 0) is 0 Å². The molecule has 1 N–H and O–H groups in total. The summed E-state index contributed by atoms with van der Waals surface area (Å²) >= 11 is -4.84. The average Bonchev–Trinajstić information content (AvgIpc) is 2.29. The fourth-order valence-electron chi connectivity index (χ4n) is 0.826. The summed E-state index contributed by atoms with van der Waals surface area (Å²) in [5.41, 5.74) is 0. The van der Waals surface area contributed by atoms with E-state index in [1.807, 2.05) is 48.8 Å². The molecule has 0 aliphatic rings. The van der Waals surface area contributed by atoms with Crippen molar-refractivity contribution >= 4 is 7.82 Å². The molecule has 6 nitrogen and oxygen atoms in total. The van der Waals surface area contributed by atoms with Crippen LogP contribution in [0.15, 0.2) is 48.8 Å². The van der Waals surface area contributed by atoms with Gasteiger partial charge in [-0.1, -0.05) is 0 Å². The molecule has 2 aromatic heterocycles. The Morgan fingerprint density at radius 1 is 0.889 bits per heavy atom. The number of hydrogen-bond acceptors (Lipinski definition) is 5. The molecule has 2 aromatic rings. The first-order valence-corrected chi connectivity index (χ1v) is 7.93. The predicted octanol–water partition coefficient (Wildman–Crippen LogP) is -0.406. The van der Waals surface area contributed by atoms with Crippen LogP contribution < -0.4 is 7.82 Å². The summed E-state index contributed by atoms with van der Waals surface area (Å²) in [4.78, 5) is 8.49. The summed E-state index contributed by atoms with van der Waals surface area (Å²) in [5, 5.41) is 0. The summed E-state index contributed by atoms with van der Waals surface area (Å²) in [6.07, 6.45) is 3.62. The number of nitrogens with zero attached hydrogens (tertiary/aromatic N) is 2. The Hall–Kier alpha value is -1.08. The first kappa shape index (κ1) is 15.0. The maximum absolute atomic E-state index is 8.69. The van der Waals surface area contributed by atoms with Crippen LogP contribution in [0.1, 0.15) is 0 Å². The van der Waals surface area contributed by atoms with Crippen molar-refractivity contribution < 1.29 is 48.4 Å². The van der Waals surface area contributed by atoms with Crippen LogP contribution in [0.3, 0.4) is 0 Å². The van der Waals surface area contributed by atoms with E-state index >= 15 is 0 Å². The molecule has 0 unspecified atom stereocenters. The standard InChI is InChI=1S/2C5H4N.Ag.Mn.H2O.3O/c2*1-2-4-6-5-3-1;;;;;;/h2*1-4H;;;1H2;;;/q;;;+1;;;;/p-1. The van der Waals surface area contributed by atoms with E-state index in [9.17, 15) is 0 Å². The molecule has 0 fully saturated rings. The molecule has 8 heteroatoms. The first-order valence-electron chi connectivity index (χ1n) is 4.47. The van der Waals surface area contributed by atoms with E-state index in [-0.39, 0.29) is 0 Å². The van der Waals surface area contributed by atoms with Crippen LogP contribution in [0.5, 0.6) is 0 Å². The molecule has 0 aliphatic carbocycles. The van der Waals surface area contributed by atoms with E-state index < -0.39 is 13.0 Å². The van der Waals surface area contributed by atoms with E-state index in [0.717, 1.165) is 7.82 Å². The third kappa shape index (κ3) is 8.08. The molecule has 0 aromatic carbocycles. The Morgan fingerprint density at radius 2 is 1.28 bits per heavy atom.